The predicted octanol–water partition coefficient (Wildman–Crippen LogP) is 1.38. The minimum absolute atomic E-state index is 0.00533. The van der Waals surface area contributed by atoms with Crippen molar-refractivity contribution < 1.29 is 22.8 Å². The number of halogens is 3. The van der Waals surface area contributed by atoms with Crippen LogP contribution in [0.5, 0.6) is 0 Å². The second-order valence-electron chi connectivity index (χ2n) is 4.68. The first-order valence-electron chi connectivity index (χ1n) is 7.07. The summed E-state index contributed by atoms with van der Waals surface area (Å²) in [5, 5.41) is 2.34. The molecule has 0 aliphatic heterocycles. The van der Waals surface area contributed by atoms with Crippen molar-refractivity contribution in [3.05, 3.63) is 33.7 Å². The normalized spacial score (nSPS) is 11.2. The van der Waals surface area contributed by atoms with Crippen LogP contribution < -0.4 is 10.9 Å². The van der Waals surface area contributed by atoms with Crippen LogP contribution in [-0.4, -0.2) is 41.3 Å². The molecule has 128 valence electrons. The van der Waals surface area contributed by atoms with E-state index in [2.05, 4.69) is 5.32 Å². The molecule has 0 spiro atoms. The van der Waals surface area contributed by atoms with Crippen LogP contribution in [0.4, 0.5) is 13.2 Å². The number of hydrogen-bond acceptors (Lipinski definition) is 3. The number of amides is 2. The lowest BCUT2D eigenvalue weighted by atomic mass is 10.2. The molecule has 2 N–H and O–H groups in total. The Labute approximate surface area is 130 Å². The number of nitrogens with one attached hydrogen (secondary N) is 2. The number of nitrogens with zero attached hydrogens (tertiary/aromatic N) is 1. The van der Waals surface area contributed by atoms with E-state index in [1.54, 1.807) is 9.88 Å². The number of alkyl halides is 3. The molecule has 9 heteroatoms. The van der Waals surface area contributed by atoms with Gasteiger partial charge >= 0.3 is 6.18 Å². The number of carbonyl (C=O) groups excluding carboxylic acids is 2. The highest BCUT2D eigenvalue weighted by molar-refractivity contribution is 5.94. The van der Waals surface area contributed by atoms with Crippen LogP contribution in [0.2, 0.25) is 0 Å². The summed E-state index contributed by atoms with van der Waals surface area (Å²) in [5.41, 5.74) is -2.79. The first-order valence-corrected chi connectivity index (χ1v) is 7.07. The van der Waals surface area contributed by atoms with Gasteiger partial charge in [0.15, 0.2) is 0 Å². The van der Waals surface area contributed by atoms with Gasteiger partial charge in [-0.3, -0.25) is 14.4 Å². The third-order valence-electron chi connectivity index (χ3n) is 3.20. The maximum absolute atomic E-state index is 12.4. The molecule has 1 aromatic rings. The predicted molar refractivity (Wildman–Crippen MR) is 76.9 cm³/mol. The average molecular weight is 333 g/mol. The Balaban J connectivity index is 2.66. The molecule has 0 atom stereocenters. The molecule has 0 saturated carbocycles. The highest BCUT2D eigenvalue weighted by atomic mass is 19.4. The summed E-state index contributed by atoms with van der Waals surface area (Å²) in [6.45, 7) is 4.72. The topological polar surface area (TPSA) is 82.3 Å². The summed E-state index contributed by atoms with van der Waals surface area (Å²) in [7, 11) is 0. The largest absolute Gasteiger partial charge is 0.431 e. The highest BCUT2D eigenvalue weighted by Crippen LogP contribution is 2.26. The fourth-order valence-electron chi connectivity index (χ4n) is 1.93. The second kappa shape index (κ2) is 7.80. The fourth-order valence-corrected chi connectivity index (χ4v) is 1.93. The maximum atomic E-state index is 12.4. The Hall–Kier alpha value is -2.32. The van der Waals surface area contributed by atoms with E-state index in [1.165, 1.54) is 0 Å². The van der Waals surface area contributed by atoms with Gasteiger partial charge in [0, 0.05) is 26.1 Å². The maximum Gasteiger partial charge on any atom is 0.431 e. The van der Waals surface area contributed by atoms with Crippen LogP contribution in [0.1, 0.15) is 36.3 Å². The van der Waals surface area contributed by atoms with Gasteiger partial charge in [-0.1, -0.05) is 0 Å². The number of pyridine rings is 1. The molecular formula is C14H18F3N3O3. The van der Waals surface area contributed by atoms with Gasteiger partial charge < -0.3 is 15.2 Å². The quantitative estimate of drug-likeness (QED) is 0.825. The van der Waals surface area contributed by atoms with Crippen LogP contribution in [0.15, 0.2) is 16.9 Å². The molecule has 0 aliphatic rings. The first-order chi connectivity index (χ1) is 10.7. The Morgan fingerprint density at radius 3 is 2.30 bits per heavy atom. The van der Waals surface area contributed by atoms with Crippen molar-refractivity contribution in [2.45, 2.75) is 26.4 Å². The Morgan fingerprint density at radius 2 is 1.83 bits per heavy atom. The molecule has 0 bridgehead atoms. The van der Waals surface area contributed by atoms with E-state index in [4.69, 9.17) is 0 Å². The molecule has 0 unspecified atom stereocenters. The minimum atomic E-state index is -4.69. The van der Waals surface area contributed by atoms with Crippen LogP contribution in [0.3, 0.4) is 0 Å². The molecule has 0 fully saturated rings. The van der Waals surface area contributed by atoms with Gasteiger partial charge in [-0.15, -0.1) is 0 Å². The van der Waals surface area contributed by atoms with Crippen molar-refractivity contribution in [1.82, 2.24) is 15.2 Å². The van der Waals surface area contributed by atoms with Gasteiger partial charge in [-0.25, -0.2) is 0 Å². The molecule has 6 nitrogen and oxygen atoms in total. The SMILES string of the molecule is CCN(CC)C(=O)CCNC(=O)c1ccc(C(F)(F)F)[nH]c1=O. The number of aromatic nitrogens is 1. The van der Waals surface area contributed by atoms with Crippen LogP contribution in [0.25, 0.3) is 0 Å². The highest BCUT2D eigenvalue weighted by Gasteiger charge is 2.32. The first kappa shape index (κ1) is 18.7. The fraction of sp³-hybridized carbons (Fsp3) is 0.500. The third kappa shape index (κ3) is 5.11. The van der Waals surface area contributed by atoms with Gasteiger partial charge in [0.2, 0.25) is 5.91 Å². The number of carbonyl (C=O) groups is 2. The monoisotopic (exact) mass is 333 g/mol. The summed E-state index contributed by atoms with van der Waals surface area (Å²) < 4.78 is 37.3. The van der Waals surface area contributed by atoms with Gasteiger partial charge in [-0.2, -0.15) is 13.2 Å². The standard InChI is InChI=1S/C14H18F3N3O3/c1-3-20(4-2)11(21)7-8-18-12(22)9-5-6-10(14(15,16)17)19-13(9)23/h5-6H,3-4,7-8H2,1-2H3,(H,18,22)(H,19,23). The number of aromatic amines is 1. The molecular weight excluding hydrogens is 315 g/mol. The van der Waals surface area contributed by atoms with Crippen molar-refractivity contribution in [2.75, 3.05) is 19.6 Å². The van der Waals surface area contributed by atoms with Gasteiger partial charge in [-0.05, 0) is 26.0 Å². The molecule has 0 saturated heterocycles. The number of rotatable bonds is 6. The van der Waals surface area contributed by atoms with Crippen molar-refractivity contribution in [2.24, 2.45) is 0 Å². The Bertz CT molecular complexity index is 622. The van der Waals surface area contributed by atoms with Crippen molar-refractivity contribution in [3.63, 3.8) is 0 Å². The van der Waals surface area contributed by atoms with E-state index in [1.807, 2.05) is 13.8 Å². The third-order valence-corrected chi connectivity index (χ3v) is 3.20. The smallest absolute Gasteiger partial charge is 0.351 e. The molecule has 1 rings (SSSR count). The van der Waals surface area contributed by atoms with E-state index >= 15 is 0 Å². The summed E-state index contributed by atoms with van der Waals surface area (Å²) in [6.07, 6.45) is -4.64. The van der Waals surface area contributed by atoms with Crippen molar-refractivity contribution in [1.29, 1.82) is 0 Å². The van der Waals surface area contributed by atoms with Crippen LogP contribution in [0, 0.1) is 0 Å². The Morgan fingerprint density at radius 1 is 1.22 bits per heavy atom. The van der Waals surface area contributed by atoms with Gasteiger partial charge in [0.1, 0.15) is 11.3 Å². The number of hydrogen-bond donors (Lipinski definition) is 2. The molecule has 0 aliphatic carbocycles. The Kier molecular flexibility index (Phi) is 6.35. The van der Waals surface area contributed by atoms with Gasteiger partial charge in [0.05, 0.1) is 0 Å². The summed E-state index contributed by atoms with van der Waals surface area (Å²) in [4.78, 5) is 38.2. The van der Waals surface area contributed by atoms with Crippen LogP contribution >= 0.6 is 0 Å². The van der Waals surface area contributed by atoms with E-state index in [0.717, 1.165) is 6.07 Å². The van der Waals surface area contributed by atoms with E-state index in [9.17, 15) is 27.6 Å². The lowest BCUT2D eigenvalue weighted by Gasteiger charge is -2.18. The van der Waals surface area contributed by atoms with Crippen molar-refractivity contribution >= 4 is 11.8 Å². The molecule has 2 amide bonds. The zero-order chi connectivity index (χ0) is 17.6. The zero-order valence-electron chi connectivity index (χ0n) is 12.8. The molecule has 23 heavy (non-hydrogen) atoms. The van der Waals surface area contributed by atoms with E-state index in [-0.39, 0.29) is 18.9 Å². The summed E-state index contributed by atoms with van der Waals surface area (Å²) >= 11 is 0. The van der Waals surface area contributed by atoms with Crippen LogP contribution in [-0.2, 0) is 11.0 Å². The summed E-state index contributed by atoms with van der Waals surface area (Å²) in [6, 6.07) is 1.43. The number of H-pyrrole nitrogens is 1. The molecule has 1 heterocycles. The van der Waals surface area contributed by atoms with E-state index in [0.29, 0.717) is 19.2 Å². The molecule has 0 aromatic carbocycles. The lowest BCUT2D eigenvalue weighted by molar-refractivity contribution is -0.141. The molecule has 1 aromatic heterocycles. The van der Waals surface area contributed by atoms with E-state index < -0.39 is 28.9 Å². The molecule has 0 radical (unpaired) electrons. The van der Waals surface area contributed by atoms with Crippen molar-refractivity contribution in [3.8, 4) is 0 Å². The summed E-state index contributed by atoms with van der Waals surface area (Å²) in [5.74, 6) is -0.982. The minimum Gasteiger partial charge on any atom is -0.351 e. The zero-order valence-corrected chi connectivity index (χ0v) is 12.8. The second-order valence-corrected chi connectivity index (χ2v) is 4.68. The van der Waals surface area contributed by atoms with Gasteiger partial charge in [0.25, 0.3) is 11.5 Å². The lowest BCUT2D eigenvalue weighted by Crippen LogP contribution is -2.36. The average Bonchev–Trinajstić information content (AvgIpc) is 2.47.